The minimum absolute atomic E-state index is 0.0415. The number of azo groups is 1. The zero-order valence-electron chi connectivity index (χ0n) is 7.28. The lowest BCUT2D eigenvalue weighted by Crippen LogP contribution is -2.07. The second-order valence-corrected chi connectivity index (χ2v) is 3.64. The first-order valence-corrected chi connectivity index (χ1v) is 4.02. The van der Waals surface area contributed by atoms with Gasteiger partial charge in [0.1, 0.15) is 12.2 Å². The number of allylic oxidation sites excluding steroid dienone is 2. The predicted octanol–water partition coefficient (Wildman–Crippen LogP) is 2.33. The smallest absolute Gasteiger partial charge is 0.108 e. The van der Waals surface area contributed by atoms with Crippen molar-refractivity contribution in [1.82, 2.24) is 0 Å². The van der Waals surface area contributed by atoms with E-state index in [-0.39, 0.29) is 5.41 Å². The molecule has 0 unspecified atom stereocenters. The van der Waals surface area contributed by atoms with Crippen LogP contribution in [0.15, 0.2) is 38.8 Å². The van der Waals surface area contributed by atoms with Crippen LogP contribution in [-0.4, -0.2) is 12.8 Å². The molecule has 0 aromatic heterocycles. The number of aliphatic imine (C=N–C) groups is 1. The first-order valence-electron chi connectivity index (χ1n) is 4.02. The molecule has 2 heterocycles. The fraction of sp³-hybridized carbons (Fsp3) is 0.444. The minimum Gasteiger partial charge on any atom is -0.260 e. The van der Waals surface area contributed by atoms with E-state index in [1.165, 1.54) is 0 Å². The summed E-state index contributed by atoms with van der Waals surface area (Å²) in [6, 6.07) is 0. The number of hydrogen-bond donors (Lipinski definition) is 0. The van der Waals surface area contributed by atoms with Crippen molar-refractivity contribution in [1.29, 1.82) is 0 Å². The predicted molar refractivity (Wildman–Crippen MR) is 48.2 cm³/mol. The quantitative estimate of drug-likeness (QED) is 0.523. The molecule has 0 saturated carbocycles. The highest BCUT2D eigenvalue weighted by atomic mass is 15.2. The molecule has 0 aromatic rings. The van der Waals surface area contributed by atoms with E-state index < -0.39 is 0 Å². The van der Waals surface area contributed by atoms with Crippen LogP contribution in [0, 0.1) is 5.41 Å². The van der Waals surface area contributed by atoms with Gasteiger partial charge in [-0.25, -0.2) is 0 Å². The molecule has 0 atom stereocenters. The molecule has 0 fully saturated rings. The van der Waals surface area contributed by atoms with E-state index in [1.54, 1.807) is 0 Å². The Hall–Kier alpha value is -1.25. The van der Waals surface area contributed by atoms with Gasteiger partial charge in [0.05, 0.1) is 5.70 Å². The van der Waals surface area contributed by atoms with Crippen molar-refractivity contribution < 1.29 is 0 Å². The molecule has 0 bridgehead atoms. The third-order valence-corrected chi connectivity index (χ3v) is 1.92. The van der Waals surface area contributed by atoms with Gasteiger partial charge in [0.2, 0.25) is 0 Å². The maximum atomic E-state index is 4.34. The normalized spacial score (nSPS) is 24.5. The summed E-state index contributed by atoms with van der Waals surface area (Å²) in [5.41, 5.74) is 1.94. The molecule has 2 rings (SSSR count). The van der Waals surface area contributed by atoms with Gasteiger partial charge in [-0.2, -0.15) is 10.2 Å². The Labute approximate surface area is 71.6 Å². The molecule has 3 heteroatoms. The summed E-state index contributed by atoms with van der Waals surface area (Å²) < 4.78 is 0. The Balaban J connectivity index is 2.39. The van der Waals surface area contributed by atoms with Gasteiger partial charge in [-0.1, -0.05) is 19.9 Å². The molecule has 0 spiro atoms. The third-order valence-electron chi connectivity index (χ3n) is 1.92. The van der Waals surface area contributed by atoms with Gasteiger partial charge in [0.25, 0.3) is 0 Å². The summed E-state index contributed by atoms with van der Waals surface area (Å²) in [5.74, 6) is 0. The van der Waals surface area contributed by atoms with E-state index in [9.17, 15) is 0 Å². The molecule has 12 heavy (non-hydrogen) atoms. The Kier molecular flexibility index (Phi) is 1.46. The molecular formula is C9H11N3. The first kappa shape index (κ1) is 7.40. The van der Waals surface area contributed by atoms with Crippen molar-refractivity contribution in [3.8, 4) is 0 Å². The number of rotatable bonds is 0. The van der Waals surface area contributed by atoms with Gasteiger partial charge in [-0.05, 0) is 6.08 Å². The van der Waals surface area contributed by atoms with E-state index in [0.717, 1.165) is 11.4 Å². The SMILES string of the molecule is CC1(C)C=CC2=C(CN=N2)N=C1. The summed E-state index contributed by atoms with van der Waals surface area (Å²) >= 11 is 0. The molecule has 62 valence electrons. The molecule has 0 N–H and O–H groups in total. The van der Waals surface area contributed by atoms with Crippen LogP contribution in [0.5, 0.6) is 0 Å². The van der Waals surface area contributed by atoms with Crippen molar-refractivity contribution >= 4 is 6.21 Å². The molecule has 2 aliphatic heterocycles. The molecule has 2 aliphatic rings. The standard InChI is InChI=1S/C9H11N3/c1-9(2)4-3-7-8(10-6-9)5-11-12-7/h3-4,6H,5H2,1-2H3. The van der Waals surface area contributed by atoms with Gasteiger partial charge in [0.15, 0.2) is 0 Å². The number of hydrogen-bond acceptors (Lipinski definition) is 3. The van der Waals surface area contributed by atoms with Crippen LogP contribution in [0.3, 0.4) is 0 Å². The summed E-state index contributed by atoms with van der Waals surface area (Å²) in [7, 11) is 0. The Morgan fingerprint density at radius 3 is 3.08 bits per heavy atom. The molecule has 3 nitrogen and oxygen atoms in total. The largest absolute Gasteiger partial charge is 0.260 e. The zero-order chi connectivity index (χ0) is 8.60. The molecular weight excluding hydrogens is 150 g/mol. The van der Waals surface area contributed by atoms with Crippen LogP contribution in [-0.2, 0) is 0 Å². The van der Waals surface area contributed by atoms with Crippen LogP contribution < -0.4 is 0 Å². The monoisotopic (exact) mass is 161 g/mol. The van der Waals surface area contributed by atoms with Crippen LogP contribution in [0.4, 0.5) is 0 Å². The second-order valence-electron chi connectivity index (χ2n) is 3.64. The molecule has 0 saturated heterocycles. The maximum absolute atomic E-state index is 4.34. The Morgan fingerprint density at radius 2 is 2.25 bits per heavy atom. The Morgan fingerprint density at radius 1 is 1.42 bits per heavy atom. The average molecular weight is 161 g/mol. The molecule has 0 radical (unpaired) electrons. The van der Waals surface area contributed by atoms with E-state index in [2.05, 4.69) is 35.1 Å². The first-order chi connectivity index (χ1) is 5.67. The van der Waals surface area contributed by atoms with Crippen molar-refractivity contribution in [2.24, 2.45) is 20.6 Å². The number of nitrogens with zero attached hydrogens (tertiary/aromatic N) is 3. The summed E-state index contributed by atoms with van der Waals surface area (Å²) in [5, 5.41) is 7.89. The maximum Gasteiger partial charge on any atom is 0.108 e. The highest BCUT2D eigenvalue weighted by Crippen LogP contribution is 2.25. The van der Waals surface area contributed by atoms with E-state index in [1.807, 2.05) is 12.3 Å². The molecule has 0 amide bonds. The van der Waals surface area contributed by atoms with Crippen molar-refractivity contribution in [2.75, 3.05) is 6.54 Å². The highest BCUT2D eigenvalue weighted by molar-refractivity contribution is 5.70. The van der Waals surface area contributed by atoms with Crippen LogP contribution in [0.2, 0.25) is 0 Å². The van der Waals surface area contributed by atoms with Crippen LogP contribution in [0.1, 0.15) is 13.8 Å². The van der Waals surface area contributed by atoms with Gasteiger partial charge in [-0.3, -0.25) is 4.99 Å². The van der Waals surface area contributed by atoms with Crippen LogP contribution >= 0.6 is 0 Å². The second kappa shape index (κ2) is 2.37. The summed E-state index contributed by atoms with van der Waals surface area (Å²) in [6.07, 6.45) is 6.05. The summed E-state index contributed by atoms with van der Waals surface area (Å²) in [4.78, 5) is 4.34. The Bertz CT molecular complexity index is 319. The zero-order valence-corrected chi connectivity index (χ0v) is 7.28. The van der Waals surface area contributed by atoms with Gasteiger partial charge in [-0.15, -0.1) is 0 Å². The van der Waals surface area contributed by atoms with Crippen LogP contribution in [0.25, 0.3) is 0 Å². The van der Waals surface area contributed by atoms with Crippen molar-refractivity contribution in [3.63, 3.8) is 0 Å². The van der Waals surface area contributed by atoms with E-state index >= 15 is 0 Å². The van der Waals surface area contributed by atoms with Crippen molar-refractivity contribution in [3.05, 3.63) is 23.5 Å². The summed E-state index contributed by atoms with van der Waals surface area (Å²) in [6.45, 7) is 4.87. The molecule has 0 aliphatic carbocycles. The van der Waals surface area contributed by atoms with E-state index in [4.69, 9.17) is 0 Å². The lowest BCUT2D eigenvalue weighted by Gasteiger charge is -2.10. The fourth-order valence-corrected chi connectivity index (χ4v) is 1.13. The van der Waals surface area contributed by atoms with Crippen molar-refractivity contribution in [2.45, 2.75) is 13.8 Å². The lowest BCUT2D eigenvalue weighted by molar-refractivity contribution is 0.694. The lowest BCUT2D eigenvalue weighted by atomic mass is 9.95. The van der Waals surface area contributed by atoms with E-state index in [0.29, 0.717) is 6.54 Å². The van der Waals surface area contributed by atoms with Gasteiger partial charge in [0, 0.05) is 11.6 Å². The van der Waals surface area contributed by atoms with Gasteiger partial charge >= 0.3 is 0 Å². The molecule has 0 aromatic carbocycles. The third kappa shape index (κ3) is 1.22. The highest BCUT2D eigenvalue weighted by Gasteiger charge is 2.17. The topological polar surface area (TPSA) is 37.1 Å². The minimum atomic E-state index is 0.0415. The average Bonchev–Trinajstić information content (AvgIpc) is 2.40. The fourth-order valence-electron chi connectivity index (χ4n) is 1.13. The van der Waals surface area contributed by atoms with Gasteiger partial charge < -0.3 is 0 Å².